The maximum atomic E-state index is 13.8. The third kappa shape index (κ3) is 4.74. The normalized spacial score (nSPS) is 14.8. The van der Waals surface area contributed by atoms with E-state index in [2.05, 4.69) is 10.6 Å². The van der Waals surface area contributed by atoms with Crippen molar-refractivity contribution >= 4 is 17.5 Å². The smallest absolute Gasteiger partial charge is 0.255 e. The first-order valence-corrected chi connectivity index (χ1v) is 10.1. The molecule has 0 aromatic heterocycles. The summed E-state index contributed by atoms with van der Waals surface area (Å²) in [6.45, 7) is 2.27. The van der Waals surface area contributed by atoms with Crippen molar-refractivity contribution in [2.45, 2.75) is 19.9 Å². The second-order valence-electron chi connectivity index (χ2n) is 7.61. The van der Waals surface area contributed by atoms with Gasteiger partial charge in [0.15, 0.2) is 0 Å². The molecule has 0 unspecified atom stereocenters. The lowest BCUT2D eigenvalue weighted by molar-refractivity contribution is -0.126. The van der Waals surface area contributed by atoms with Crippen LogP contribution in [0.1, 0.15) is 27.0 Å². The van der Waals surface area contributed by atoms with Gasteiger partial charge in [0.1, 0.15) is 18.2 Å². The summed E-state index contributed by atoms with van der Waals surface area (Å²) >= 11 is 0. The van der Waals surface area contributed by atoms with E-state index in [1.54, 1.807) is 36.4 Å². The maximum absolute atomic E-state index is 13.8. The van der Waals surface area contributed by atoms with Gasteiger partial charge in [-0.2, -0.15) is 0 Å². The van der Waals surface area contributed by atoms with Gasteiger partial charge in [0.2, 0.25) is 5.91 Å². The van der Waals surface area contributed by atoms with Crippen molar-refractivity contribution in [2.75, 3.05) is 11.9 Å². The van der Waals surface area contributed by atoms with Gasteiger partial charge < -0.3 is 15.4 Å². The number of carbonyl (C=O) groups excluding carboxylic acids is 2. The van der Waals surface area contributed by atoms with E-state index in [9.17, 15) is 14.0 Å². The summed E-state index contributed by atoms with van der Waals surface area (Å²) in [6, 6.07) is 19.2. The number of ether oxygens (including phenoxy) is 1. The zero-order chi connectivity index (χ0) is 21.8. The first-order chi connectivity index (χ1) is 15.0. The number of carbonyl (C=O) groups is 2. The highest BCUT2D eigenvalue weighted by atomic mass is 19.1. The van der Waals surface area contributed by atoms with Crippen molar-refractivity contribution in [1.29, 1.82) is 0 Å². The van der Waals surface area contributed by atoms with Gasteiger partial charge in [-0.3, -0.25) is 9.59 Å². The Balaban J connectivity index is 1.41. The second-order valence-corrected chi connectivity index (χ2v) is 7.61. The third-order valence-corrected chi connectivity index (χ3v) is 5.40. The Morgan fingerprint density at radius 1 is 1.06 bits per heavy atom. The van der Waals surface area contributed by atoms with Crippen LogP contribution in [0.25, 0.3) is 0 Å². The van der Waals surface area contributed by atoms with E-state index < -0.39 is 0 Å². The maximum Gasteiger partial charge on any atom is 0.255 e. The van der Waals surface area contributed by atoms with Crippen molar-refractivity contribution in [1.82, 2.24) is 5.32 Å². The fourth-order valence-corrected chi connectivity index (χ4v) is 3.64. The summed E-state index contributed by atoms with van der Waals surface area (Å²) in [7, 11) is 0. The fraction of sp³-hybridized carbons (Fsp3) is 0.200. The summed E-state index contributed by atoms with van der Waals surface area (Å²) in [5.41, 5.74) is 3.44. The molecule has 0 saturated heterocycles. The zero-order valence-electron chi connectivity index (χ0n) is 17.2. The van der Waals surface area contributed by atoms with Crippen LogP contribution in [0.15, 0.2) is 66.7 Å². The van der Waals surface area contributed by atoms with Crippen molar-refractivity contribution in [3.63, 3.8) is 0 Å². The van der Waals surface area contributed by atoms with Crippen molar-refractivity contribution in [3.8, 4) is 5.75 Å². The molecule has 158 valence electrons. The Bertz CT molecular complexity index is 1130. The molecule has 0 fully saturated rings. The van der Waals surface area contributed by atoms with Crippen LogP contribution in [0.5, 0.6) is 5.75 Å². The van der Waals surface area contributed by atoms with Crippen LogP contribution in [0.3, 0.4) is 0 Å². The quantitative estimate of drug-likeness (QED) is 0.651. The highest BCUT2D eigenvalue weighted by Crippen LogP contribution is 2.30. The fourth-order valence-electron chi connectivity index (χ4n) is 3.64. The number of rotatable bonds is 5. The minimum Gasteiger partial charge on any atom is -0.492 e. The van der Waals surface area contributed by atoms with Crippen molar-refractivity contribution < 1.29 is 18.7 Å². The molecule has 4 rings (SSSR count). The zero-order valence-corrected chi connectivity index (χ0v) is 17.2. The molecule has 0 bridgehead atoms. The lowest BCUT2D eigenvalue weighted by atomic mass is 9.95. The van der Waals surface area contributed by atoms with Gasteiger partial charge in [-0.05, 0) is 54.8 Å². The first kappa shape index (κ1) is 20.6. The summed E-state index contributed by atoms with van der Waals surface area (Å²) in [5, 5.41) is 5.70. The largest absolute Gasteiger partial charge is 0.492 e. The summed E-state index contributed by atoms with van der Waals surface area (Å²) in [5.74, 6) is -0.409. The average Bonchev–Trinajstić information content (AvgIpc) is 2.78. The van der Waals surface area contributed by atoms with Gasteiger partial charge in [0.05, 0.1) is 5.92 Å². The molecule has 6 heteroatoms. The molecule has 0 radical (unpaired) electrons. The minimum atomic E-state index is -0.387. The van der Waals surface area contributed by atoms with E-state index in [-0.39, 0.29) is 36.7 Å². The number of fused-ring (bicyclic) bond motifs is 1. The third-order valence-electron chi connectivity index (χ3n) is 5.40. The molecule has 1 aliphatic heterocycles. The Hall–Kier alpha value is -3.67. The van der Waals surface area contributed by atoms with E-state index in [4.69, 9.17) is 4.74 Å². The molecule has 31 heavy (non-hydrogen) atoms. The summed E-state index contributed by atoms with van der Waals surface area (Å²) < 4.78 is 19.5. The van der Waals surface area contributed by atoms with E-state index in [1.165, 1.54) is 6.07 Å². The molecular weight excluding hydrogens is 395 g/mol. The predicted octanol–water partition coefficient (Wildman–Crippen LogP) is 4.25. The van der Waals surface area contributed by atoms with Crippen LogP contribution in [-0.2, 0) is 17.8 Å². The molecule has 1 heterocycles. The van der Waals surface area contributed by atoms with Crippen LogP contribution in [0.4, 0.5) is 10.1 Å². The van der Waals surface area contributed by atoms with E-state index in [0.29, 0.717) is 29.0 Å². The van der Waals surface area contributed by atoms with Gasteiger partial charge in [0.25, 0.3) is 5.91 Å². The highest BCUT2D eigenvalue weighted by molar-refractivity contribution is 6.05. The summed E-state index contributed by atoms with van der Waals surface area (Å²) in [4.78, 5) is 25.2. The lowest BCUT2D eigenvalue weighted by Crippen LogP contribution is -2.37. The molecule has 5 nitrogen and oxygen atoms in total. The highest BCUT2D eigenvalue weighted by Gasteiger charge is 2.26. The number of benzene rings is 3. The SMILES string of the molecule is Cc1ccccc1C(=O)Nc1ccc2c(c1)C[C@H](C(=O)NCc1ccccc1F)CO2. The standard InChI is InChI=1S/C25H23FN2O3/c1-16-6-2-4-8-21(16)25(30)28-20-10-11-23-18(13-20)12-19(15-31-23)24(29)27-14-17-7-3-5-9-22(17)26/h2-11,13,19H,12,14-15H2,1H3,(H,27,29)(H,28,30)/t19-/m0/s1. The molecule has 0 spiro atoms. The van der Waals surface area contributed by atoms with Crippen LogP contribution < -0.4 is 15.4 Å². The van der Waals surface area contributed by atoms with Gasteiger partial charge in [-0.25, -0.2) is 4.39 Å². The Morgan fingerprint density at radius 3 is 2.65 bits per heavy atom. The van der Waals surface area contributed by atoms with Crippen LogP contribution in [-0.4, -0.2) is 18.4 Å². The lowest BCUT2D eigenvalue weighted by Gasteiger charge is -2.25. The molecule has 3 aromatic carbocycles. The van der Waals surface area contributed by atoms with E-state index in [1.807, 2.05) is 31.2 Å². The van der Waals surface area contributed by atoms with Crippen LogP contribution in [0.2, 0.25) is 0 Å². The van der Waals surface area contributed by atoms with Crippen LogP contribution >= 0.6 is 0 Å². The number of nitrogens with one attached hydrogen (secondary N) is 2. The number of aryl methyl sites for hydroxylation is 1. The number of anilines is 1. The van der Waals surface area contributed by atoms with E-state index in [0.717, 1.165) is 11.1 Å². The number of halogens is 1. The molecular formula is C25H23FN2O3. The molecule has 0 saturated carbocycles. The Morgan fingerprint density at radius 2 is 1.84 bits per heavy atom. The van der Waals surface area contributed by atoms with Crippen molar-refractivity contribution in [3.05, 3.63) is 94.8 Å². The molecule has 0 aliphatic carbocycles. The van der Waals surface area contributed by atoms with Gasteiger partial charge in [-0.1, -0.05) is 36.4 Å². The topological polar surface area (TPSA) is 67.4 Å². The van der Waals surface area contributed by atoms with Gasteiger partial charge >= 0.3 is 0 Å². The van der Waals surface area contributed by atoms with Crippen molar-refractivity contribution in [2.24, 2.45) is 5.92 Å². The minimum absolute atomic E-state index is 0.126. The Kier molecular flexibility index (Phi) is 5.98. The van der Waals surface area contributed by atoms with Crippen LogP contribution in [0, 0.1) is 18.7 Å². The average molecular weight is 418 g/mol. The number of hydrogen-bond acceptors (Lipinski definition) is 3. The molecule has 2 amide bonds. The monoisotopic (exact) mass is 418 g/mol. The Labute approximate surface area is 180 Å². The summed E-state index contributed by atoms with van der Waals surface area (Å²) in [6.07, 6.45) is 0.479. The predicted molar refractivity (Wildman–Crippen MR) is 117 cm³/mol. The molecule has 1 atom stereocenters. The first-order valence-electron chi connectivity index (χ1n) is 10.1. The number of amides is 2. The molecule has 3 aromatic rings. The molecule has 2 N–H and O–H groups in total. The number of hydrogen-bond donors (Lipinski definition) is 2. The van der Waals surface area contributed by atoms with Gasteiger partial charge in [0, 0.05) is 23.4 Å². The van der Waals surface area contributed by atoms with E-state index >= 15 is 0 Å². The second kappa shape index (κ2) is 9.00. The van der Waals surface area contributed by atoms with Gasteiger partial charge in [-0.15, -0.1) is 0 Å². The molecule has 1 aliphatic rings.